The van der Waals surface area contributed by atoms with Gasteiger partial charge in [-0.25, -0.2) is 0 Å². The van der Waals surface area contributed by atoms with E-state index in [1.165, 1.54) is 5.56 Å². The van der Waals surface area contributed by atoms with E-state index in [1.54, 1.807) is 12.1 Å². The molecule has 0 fully saturated rings. The van der Waals surface area contributed by atoms with Gasteiger partial charge in [0.15, 0.2) is 0 Å². The first-order chi connectivity index (χ1) is 7.74. The molecule has 0 spiro atoms. The molecule has 0 unspecified atom stereocenters. The Bertz CT molecular complexity index is 462. The molecule has 0 aliphatic heterocycles. The van der Waals surface area contributed by atoms with Gasteiger partial charge < -0.3 is 10.4 Å². The second kappa shape index (κ2) is 4.71. The van der Waals surface area contributed by atoms with E-state index in [9.17, 15) is 0 Å². The van der Waals surface area contributed by atoms with Gasteiger partial charge in [-0.15, -0.1) is 0 Å². The van der Waals surface area contributed by atoms with Crippen molar-refractivity contribution in [3.05, 3.63) is 59.7 Å². The van der Waals surface area contributed by atoms with Crippen LogP contribution in [0.15, 0.2) is 48.5 Å². The molecule has 2 nitrogen and oxygen atoms in total. The van der Waals surface area contributed by atoms with Crippen LogP contribution in [0.3, 0.4) is 0 Å². The minimum atomic E-state index is 0.305. The smallest absolute Gasteiger partial charge is 0.115 e. The zero-order chi connectivity index (χ0) is 11.4. The van der Waals surface area contributed by atoms with Crippen LogP contribution in [0.4, 0.5) is 5.69 Å². The molecule has 0 saturated heterocycles. The Labute approximate surface area is 95.6 Å². The summed E-state index contributed by atoms with van der Waals surface area (Å²) in [6.45, 7) is 2.84. The number of nitrogens with one attached hydrogen (secondary N) is 1. The van der Waals surface area contributed by atoms with Crippen molar-refractivity contribution in [1.29, 1.82) is 0 Å². The van der Waals surface area contributed by atoms with Crippen LogP contribution in [0.25, 0.3) is 0 Å². The number of rotatable bonds is 3. The average Bonchev–Trinajstić information content (AvgIpc) is 2.28. The van der Waals surface area contributed by atoms with Crippen LogP contribution < -0.4 is 5.32 Å². The highest BCUT2D eigenvalue weighted by molar-refractivity contribution is 5.46. The van der Waals surface area contributed by atoms with Crippen molar-refractivity contribution in [2.75, 3.05) is 5.32 Å². The zero-order valence-corrected chi connectivity index (χ0v) is 9.27. The summed E-state index contributed by atoms with van der Waals surface area (Å²) >= 11 is 0. The van der Waals surface area contributed by atoms with Gasteiger partial charge in [0.05, 0.1) is 0 Å². The first kappa shape index (κ1) is 10.6. The van der Waals surface area contributed by atoms with Crippen molar-refractivity contribution in [1.82, 2.24) is 0 Å². The van der Waals surface area contributed by atoms with Gasteiger partial charge in [-0.05, 0) is 42.3 Å². The van der Waals surface area contributed by atoms with E-state index in [2.05, 4.69) is 24.4 Å². The van der Waals surface area contributed by atoms with Crippen LogP contribution in [0.5, 0.6) is 5.75 Å². The van der Waals surface area contributed by atoms with Crippen molar-refractivity contribution in [2.24, 2.45) is 0 Å². The molecule has 0 atom stereocenters. The molecule has 0 radical (unpaired) electrons. The third-order valence-electron chi connectivity index (χ3n) is 2.45. The SMILES string of the molecule is Cc1cccc(NCc2ccc(O)cc2)c1. The highest BCUT2D eigenvalue weighted by Crippen LogP contribution is 2.13. The number of benzene rings is 2. The second-order valence-electron chi connectivity index (χ2n) is 3.89. The number of phenolic OH excluding ortho intramolecular Hbond substituents is 1. The highest BCUT2D eigenvalue weighted by atomic mass is 16.3. The van der Waals surface area contributed by atoms with Crippen molar-refractivity contribution in [2.45, 2.75) is 13.5 Å². The van der Waals surface area contributed by atoms with Crippen LogP contribution in [0.2, 0.25) is 0 Å². The Morgan fingerprint density at radius 1 is 1.06 bits per heavy atom. The van der Waals surface area contributed by atoms with Gasteiger partial charge in [0.25, 0.3) is 0 Å². The fraction of sp³-hybridized carbons (Fsp3) is 0.143. The van der Waals surface area contributed by atoms with Crippen molar-refractivity contribution in [3.8, 4) is 5.75 Å². The predicted octanol–water partition coefficient (Wildman–Crippen LogP) is 3.31. The van der Waals surface area contributed by atoms with E-state index in [0.717, 1.165) is 17.8 Å². The second-order valence-corrected chi connectivity index (χ2v) is 3.89. The summed E-state index contributed by atoms with van der Waals surface area (Å²) in [5.41, 5.74) is 3.52. The molecule has 0 aliphatic rings. The predicted molar refractivity (Wildman–Crippen MR) is 66.6 cm³/mol. The third-order valence-corrected chi connectivity index (χ3v) is 2.45. The quantitative estimate of drug-likeness (QED) is 0.819. The van der Waals surface area contributed by atoms with Crippen LogP contribution in [0.1, 0.15) is 11.1 Å². The maximum absolute atomic E-state index is 9.16. The molecule has 2 N–H and O–H groups in total. The first-order valence-corrected chi connectivity index (χ1v) is 5.32. The number of anilines is 1. The molecule has 0 amide bonds. The summed E-state index contributed by atoms with van der Waals surface area (Å²) in [4.78, 5) is 0. The molecule has 2 aromatic carbocycles. The lowest BCUT2D eigenvalue weighted by Crippen LogP contribution is -1.98. The summed E-state index contributed by atoms with van der Waals surface area (Å²) in [7, 11) is 0. The lowest BCUT2D eigenvalue weighted by Gasteiger charge is -2.07. The molecule has 0 saturated carbocycles. The minimum absolute atomic E-state index is 0.305. The topological polar surface area (TPSA) is 32.3 Å². The monoisotopic (exact) mass is 213 g/mol. The van der Waals surface area contributed by atoms with Gasteiger partial charge in [0, 0.05) is 12.2 Å². The molecule has 0 aliphatic carbocycles. The van der Waals surface area contributed by atoms with Gasteiger partial charge in [0.1, 0.15) is 5.75 Å². The molecule has 2 rings (SSSR count). The van der Waals surface area contributed by atoms with Gasteiger partial charge >= 0.3 is 0 Å². The number of phenols is 1. The van der Waals surface area contributed by atoms with Crippen LogP contribution in [0, 0.1) is 6.92 Å². The van der Waals surface area contributed by atoms with Crippen molar-refractivity contribution < 1.29 is 5.11 Å². The fourth-order valence-corrected chi connectivity index (χ4v) is 1.57. The summed E-state index contributed by atoms with van der Waals surface area (Å²) in [5.74, 6) is 0.305. The number of hydrogen-bond donors (Lipinski definition) is 2. The summed E-state index contributed by atoms with van der Waals surface area (Å²) < 4.78 is 0. The number of aryl methyl sites for hydroxylation is 1. The van der Waals surface area contributed by atoms with Gasteiger partial charge in [-0.2, -0.15) is 0 Å². The molecule has 16 heavy (non-hydrogen) atoms. The van der Waals surface area contributed by atoms with Crippen molar-refractivity contribution in [3.63, 3.8) is 0 Å². The number of aromatic hydroxyl groups is 1. The largest absolute Gasteiger partial charge is 0.508 e. The molecule has 2 heteroatoms. The van der Waals surface area contributed by atoms with Gasteiger partial charge in [-0.3, -0.25) is 0 Å². The molecule has 82 valence electrons. The van der Waals surface area contributed by atoms with Crippen LogP contribution in [-0.4, -0.2) is 5.11 Å². The molecule has 2 aromatic rings. The maximum atomic E-state index is 9.16. The summed E-state index contributed by atoms with van der Waals surface area (Å²) in [6.07, 6.45) is 0. The number of hydrogen-bond acceptors (Lipinski definition) is 2. The van der Waals surface area contributed by atoms with E-state index < -0.39 is 0 Å². The van der Waals surface area contributed by atoms with Gasteiger partial charge in [-0.1, -0.05) is 24.3 Å². The van der Waals surface area contributed by atoms with E-state index in [0.29, 0.717) is 5.75 Å². The molecular formula is C14H15NO. The molecule has 0 heterocycles. The van der Waals surface area contributed by atoms with Crippen molar-refractivity contribution >= 4 is 5.69 Å². The standard InChI is InChI=1S/C14H15NO/c1-11-3-2-4-13(9-11)15-10-12-5-7-14(16)8-6-12/h2-9,15-16H,10H2,1H3. The van der Waals surface area contributed by atoms with E-state index >= 15 is 0 Å². The highest BCUT2D eigenvalue weighted by Gasteiger charge is 1.94. The zero-order valence-electron chi connectivity index (χ0n) is 9.27. The summed E-state index contributed by atoms with van der Waals surface area (Å²) in [5, 5.41) is 12.5. The van der Waals surface area contributed by atoms with Crippen LogP contribution >= 0.6 is 0 Å². The Kier molecular flexibility index (Phi) is 3.10. The maximum Gasteiger partial charge on any atom is 0.115 e. The normalized spacial score (nSPS) is 10.1. The Balaban J connectivity index is 1.99. The third kappa shape index (κ3) is 2.76. The lowest BCUT2D eigenvalue weighted by molar-refractivity contribution is 0.475. The van der Waals surface area contributed by atoms with E-state index in [-0.39, 0.29) is 0 Å². The van der Waals surface area contributed by atoms with Gasteiger partial charge in [0.2, 0.25) is 0 Å². The van der Waals surface area contributed by atoms with E-state index in [1.807, 2.05) is 24.3 Å². The Morgan fingerprint density at radius 2 is 1.81 bits per heavy atom. The van der Waals surface area contributed by atoms with Crippen LogP contribution in [-0.2, 0) is 6.54 Å². The fourth-order valence-electron chi connectivity index (χ4n) is 1.57. The van der Waals surface area contributed by atoms with E-state index in [4.69, 9.17) is 5.11 Å². The Hall–Kier alpha value is -1.96. The molecular weight excluding hydrogens is 198 g/mol. The Morgan fingerprint density at radius 3 is 2.50 bits per heavy atom. The average molecular weight is 213 g/mol. The molecule has 0 aromatic heterocycles. The molecule has 0 bridgehead atoms. The first-order valence-electron chi connectivity index (χ1n) is 5.32. The summed E-state index contributed by atoms with van der Waals surface area (Å²) in [6, 6.07) is 15.5. The minimum Gasteiger partial charge on any atom is -0.508 e. The lowest BCUT2D eigenvalue weighted by atomic mass is 10.2.